The van der Waals surface area contributed by atoms with E-state index in [1.807, 2.05) is 72.8 Å². The molecular formula is C26H28N2O4. The monoisotopic (exact) mass is 432 g/mol. The minimum absolute atomic E-state index is 0.108. The van der Waals surface area contributed by atoms with Crippen molar-refractivity contribution >= 4 is 23.9 Å². The number of carbonyl (C=O) groups is 3. The van der Waals surface area contributed by atoms with Gasteiger partial charge in [0.2, 0.25) is 11.8 Å². The molecule has 2 saturated heterocycles. The number of carbonyl (C=O) groups excluding carboxylic acids is 2. The van der Waals surface area contributed by atoms with Gasteiger partial charge in [-0.1, -0.05) is 72.8 Å². The molecule has 4 unspecified atom stereocenters. The van der Waals surface area contributed by atoms with Gasteiger partial charge in [0.05, 0.1) is 11.8 Å². The summed E-state index contributed by atoms with van der Waals surface area (Å²) in [5.74, 6) is -3.63. The van der Waals surface area contributed by atoms with Crippen LogP contribution in [0.5, 0.6) is 0 Å². The average molecular weight is 433 g/mol. The molecule has 2 N–H and O–H groups in total. The van der Waals surface area contributed by atoms with E-state index in [4.69, 9.17) is 0 Å². The Morgan fingerprint density at radius 3 is 2.19 bits per heavy atom. The predicted octanol–water partition coefficient (Wildman–Crippen LogP) is 3.14. The van der Waals surface area contributed by atoms with Crippen LogP contribution in [0, 0.1) is 11.8 Å². The molecule has 2 fully saturated rings. The first-order valence-electron chi connectivity index (χ1n) is 10.8. The second-order valence-corrected chi connectivity index (χ2v) is 9.56. The van der Waals surface area contributed by atoms with Crippen LogP contribution in [0.15, 0.2) is 66.7 Å². The number of hydrogen-bond acceptors (Lipinski definition) is 4. The van der Waals surface area contributed by atoms with Gasteiger partial charge < -0.3 is 5.11 Å². The number of fused-ring (bicyclic) bond motifs is 1. The number of rotatable bonds is 5. The SMILES string of the molecule is CC(C)(C)N1C(=O)C2C(C=Cc3ccccc3)NC(Cc3ccccc3)(C(=O)O)C2C1=O. The zero-order chi connectivity index (χ0) is 23.1. The maximum absolute atomic E-state index is 13.6. The molecule has 0 aliphatic carbocycles. The van der Waals surface area contributed by atoms with E-state index in [0.717, 1.165) is 11.1 Å². The van der Waals surface area contributed by atoms with Gasteiger partial charge in [0, 0.05) is 18.0 Å². The molecular weight excluding hydrogens is 404 g/mol. The predicted molar refractivity (Wildman–Crippen MR) is 121 cm³/mol. The fourth-order valence-corrected chi connectivity index (χ4v) is 5.01. The van der Waals surface area contributed by atoms with E-state index in [0.29, 0.717) is 0 Å². The summed E-state index contributed by atoms with van der Waals surface area (Å²) in [6.45, 7) is 5.39. The number of nitrogens with zero attached hydrogens (tertiary/aromatic N) is 1. The Hall–Kier alpha value is -3.25. The molecule has 6 nitrogen and oxygen atoms in total. The molecule has 0 aromatic heterocycles. The highest BCUT2D eigenvalue weighted by molar-refractivity contribution is 6.10. The lowest BCUT2D eigenvalue weighted by Crippen LogP contribution is -2.59. The standard InChI is InChI=1S/C26H28N2O4/c1-25(2,3)28-22(29)20-19(15-14-17-10-6-4-7-11-17)27-26(24(31)32,21(20)23(28)30)16-18-12-8-5-9-13-18/h4-15,19-21,27H,16H2,1-3H3,(H,31,32). The van der Waals surface area contributed by atoms with Crippen LogP contribution in [-0.2, 0) is 20.8 Å². The maximum atomic E-state index is 13.6. The molecule has 0 spiro atoms. The third kappa shape index (κ3) is 3.65. The van der Waals surface area contributed by atoms with Crippen molar-refractivity contribution in [3.63, 3.8) is 0 Å². The van der Waals surface area contributed by atoms with Crippen LogP contribution in [0.25, 0.3) is 6.08 Å². The molecule has 0 bridgehead atoms. The summed E-state index contributed by atoms with van der Waals surface area (Å²) >= 11 is 0. The Bertz CT molecular complexity index is 1060. The maximum Gasteiger partial charge on any atom is 0.325 e. The van der Waals surface area contributed by atoms with Crippen LogP contribution in [0.2, 0.25) is 0 Å². The number of amides is 2. The third-order valence-corrected chi connectivity index (χ3v) is 6.37. The van der Waals surface area contributed by atoms with Crippen molar-refractivity contribution in [2.24, 2.45) is 11.8 Å². The van der Waals surface area contributed by atoms with Gasteiger partial charge in [-0.2, -0.15) is 0 Å². The van der Waals surface area contributed by atoms with E-state index in [1.54, 1.807) is 20.8 Å². The van der Waals surface area contributed by atoms with Gasteiger partial charge in [-0.25, -0.2) is 0 Å². The normalized spacial score (nSPS) is 27.8. The smallest absolute Gasteiger partial charge is 0.325 e. The summed E-state index contributed by atoms with van der Waals surface area (Å²) in [7, 11) is 0. The first-order chi connectivity index (χ1) is 15.1. The van der Waals surface area contributed by atoms with E-state index in [2.05, 4.69) is 5.32 Å². The molecule has 2 aromatic rings. The number of carboxylic acids is 1. The van der Waals surface area contributed by atoms with Crippen LogP contribution >= 0.6 is 0 Å². The zero-order valence-corrected chi connectivity index (χ0v) is 18.5. The van der Waals surface area contributed by atoms with Gasteiger partial charge >= 0.3 is 5.97 Å². The highest BCUT2D eigenvalue weighted by atomic mass is 16.4. The topological polar surface area (TPSA) is 86.7 Å². The summed E-state index contributed by atoms with van der Waals surface area (Å²) in [6.07, 6.45) is 3.80. The van der Waals surface area contributed by atoms with Crippen molar-refractivity contribution in [1.29, 1.82) is 0 Å². The second kappa shape index (κ2) is 8.02. The summed E-state index contributed by atoms with van der Waals surface area (Å²) in [6, 6.07) is 18.2. The van der Waals surface area contributed by atoms with Crippen LogP contribution < -0.4 is 5.32 Å². The van der Waals surface area contributed by atoms with Crippen LogP contribution in [0.4, 0.5) is 0 Å². The van der Waals surface area contributed by atoms with Crippen molar-refractivity contribution in [3.8, 4) is 0 Å². The van der Waals surface area contributed by atoms with Gasteiger partial charge in [-0.15, -0.1) is 0 Å². The molecule has 32 heavy (non-hydrogen) atoms. The third-order valence-electron chi connectivity index (χ3n) is 6.37. The Kier molecular flexibility index (Phi) is 5.51. The summed E-state index contributed by atoms with van der Waals surface area (Å²) in [5, 5.41) is 13.6. The second-order valence-electron chi connectivity index (χ2n) is 9.56. The Morgan fingerprint density at radius 2 is 1.62 bits per heavy atom. The average Bonchev–Trinajstić information content (AvgIpc) is 3.22. The van der Waals surface area contributed by atoms with Gasteiger partial charge in [0.1, 0.15) is 5.54 Å². The summed E-state index contributed by atoms with van der Waals surface area (Å²) < 4.78 is 0. The van der Waals surface area contributed by atoms with E-state index in [9.17, 15) is 19.5 Å². The Morgan fingerprint density at radius 1 is 1.03 bits per heavy atom. The van der Waals surface area contributed by atoms with Gasteiger partial charge in [0.15, 0.2) is 0 Å². The fourth-order valence-electron chi connectivity index (χ4n) is 5.01. The van der Waals surface area contributed by atoms with Crippen molar-refractivity contribution < 1.29 is 19.5 Å². The van der Waals surface area contributed by atoms with Gasteiger partial charge in [-0.05, 0) is 31.9 Å². The molecule has 2 aliphatic heterocycles. The summed E-state index contributed by atoms with van der Waals surface area (Å²) in [4.78, 5) is 41.0. The molecule has 0 radical (unpaired) electrons. The zero-order valence-electron chi connectivity index (χ0n) is 18.5. The fraction of sp³-hybridized carbons (Fsp3) is 0.346. The van der Waals surface area contributed by atoms with Gasteiger partial charge in [-0.3, -0.25) is 24.6 Å². The molecule has 166 valence electrons. The molecule has 4 atom stereocenters. The summed E-state index contributed by atoms with van der Waals surface area (Å²) in [5.41, 5.74) is -0.581. The van der Waals surface area contributed by atoms with E-state index in [-0.39, 0.29) is 12.3 Å². The molecule has 6 heteroatoms. The molecule has 2 heterocycles. The number of benzene rings is 2. The number of likely N-dealkylation sites (tertiary alicyclic amines) is 1. The molecule has 2 aromatic carbocycles. The lowest BCUT2D eigenvalue weighted by molar-refractivity contribution is -0.153. The van der Waals surface area contributed by atoms with Crippen LogP contribution in [0.1, 0.15) is 31.9 Å². The van der Waals surface area contributed by atoms with Crippen molar-refractivity contribution in [1.82, 2.24) is 10.2 Å². The number of carboxylic acid groups (broad SMARTS) is 1. The largest absolute Gasteiger partial charge is 0.480 e. The molecule has 2 aliphatic rings. The minimum atomic E-state index is -1.58. The Labute approximate surface area is 187 Å². The highest BCUT2D eigenvalue weighted by Crippen LogP contribution is 2.47. The first-order valence-corrected chi connectivity index (χ1v) is 10.8. The van der Waals surface area contributed by atoms with Crippen molar-refractivity contribution in [2.45, 2.75) is 44.3 Å². The number of aliphatic carboxylic acids is 1. The minimum Gasteiger partial charge on any atom is -0.480 e. The van der Waals surface area contributed by atoms with Gasteiger partial charge in [0.25, 0.3) is 0 Å². The van der Waals surface area contributed by atoms with Crippen molar-refractivity contribution in [2.75, 3.05) is 0 Å². The number of imide groups is 1. The highest BCUT2D eigenvalue weighted by Gasteiger charge is 2.68. The van der Waals surface area contributed by atoms with Crippen LogP contribution in [-0.4, -0.2) is 44.9 Å². The van der Waals surface area contributed by atoms with E-state index >= 15 is 0 Å². The lowest BCUT2D eigenvalue weighted by atomic mass is 9.76. The first kappa shape index (κ1) is 22.0. The van der Waals surface area contributed by atoms with E-state index in [1.165, 1.54) is 4.90 Å². The molecule has 0 saturated carbocycles. The van der Waals surface area contributed by atoms with Crippen LogP contribution in [0.3, 0.4) is 0 Å². The number of nitrogens with one attached hydrogen (secondary N) is 1. The van der Waals surface area contributed by atoms with E-state index < -0.39 is 40.8 Å². The number of hydrogen-bond donors (Lipinski definition) is 2. The lowest BCUT2D eigenvalue weighted by Gasteiger charge is -2.35. The van der Waals surface area contributed by atoms with Crippen molar-refractivity contribution in [3.05, 3.63) is 77.9 Å². The Balaban J connectivity index is 1.80. The quantitative estimate of drug-likeness (QED) is 0.709. The molecule has 2 amide bonds. The molecule has 4 rings (SSSR count).